The first kappa shape index (κ1) is 50.3. The summed E-state index contributed by atoms with van der Waals surface area (Å²) in [6.07, 6.45) is -33.8. The van der Waals surface area contributed by atoms with E-state index < -0.39 is 95.4 Å². The molecule has 0 aromatic rings. The Kier molecular flexibility index (Phi) is 12.0. The first-order chi connectivity index (χ1) is 20.9. The van der Waals surface area contributed by atoms with Gasteiger partial charge in [-0.05, 0) is 0 Å². The predicted octanol–water partition coefficient (Wildman–Crippen LogP) is 8.67. The number of hydrogen-bond acceptors (Lipinski definition) is 3. The molecule has 0 aliphatic carbocycles. The molecule has 51 heavy (non-hydrogen) atoms. The number of rotatable bonds is 11. The van der Waals surface area contributed by atoms with Crippen LogP contribution in [0.2, 0.25) is 0 Å². The molecule has 1 heterocycles. The van der Waals surface area contributed by atoms with Crippen molar-refractivity contribution < 1.29 is 151 Å². The van der Waals surface area contributed by atoms with Crippen molar-refractivity contribution in [2.45, 2.75) is 95.4 Å². The molecule has 2 atom stereocenters. The SMILES string of the molecule is OC(F)(F)C1(C(F)(F)C(F)(F)C(F)(F)C(F)(F)C(F)(F)C(F)(F)F)OC(F)(F)C(F)(C(F)(F)C(F)(F)C(F)(F)C(F)(F)C(F)(F)C(F)(F)F)O1.[K]. The van der Waals surface area contributed by atoms with E-state index in [2.05, 4.69) is 0 Å². The van der Waals surface area contributed by atoms with Crippen LogP contribution in [-0.2, 0) is 9.47 Å². The van der Waals surface area contributed by atoms with Crippen LogP contribution in [0.3, 0.4) is 0 Å². The van der Waals surface area contributed by atoms with E-state index in [0.29, 0.717) is 0 Å². The van der Waals surface area contributed by atoms with Gasteiger partial charge in [-0.3, -0.25) is 9.47 Å². The first-order valence-electron chi connectivity index (χ1n) is 10.4. The zero-order valence-corrected chi connectivity index (χ0v) is 25.1. The number of alkyl halides is 31. The summed E-state index contributed by atoms with van der Waals surface area (Å²) in [5, 5.41) is 8.26. The van der Waals surface area contributed by atoms with Crippen LogP contribution in [0.15, 0.2) is 0 Å². The van der Waals surface area contributed by atoms with Crippen LogP contribution in [0.1, 0.15) is 0 Å². The Labute approximate surface area is 296 Å². The van der Waals surface area contributed by atoms with Gasteiger partial charge in [-0.25, -0.2) is 0 Å². The maximum Gasteiger partial charge on any atom is 0.460 e. The molecular weight excluding hydrogens is 868 g/mol. The van der Waals surface area contributed by atoms with Crippen molar-refractivity contribution in [3.8, 4) is 0 Å². The minimum absolute atomic E-state index is 0. The number of aliphatic hydroxyl groups is 1. The predicted molar refractivity (Wildman–Crippen MR) is 88.2 cm³/mol. The van der Waals surface area contributed by atoms with Crippen molar-refractivity contribution in [1.29, 1.82) is 0 Å². The number of hydrogen-bond donors (Lipinski definition) is 1. The quantitative estimate of drug-likeness (QED) is 0.167. The fourth-order valence-electron chi connectivity index (χ4n) is 3.16. The molecule has 301 valence electrons. The molecule has 1 saturated heterocycles. The van der Waals surface area contributed by atoms with E-state index in [1.807, 2.05) is 0 Å². The Morgan fingerprint density at radius 2 is 0.569 bits per heavy atom. The molecule has 1 rings (SSSR count). The van der Waals surface area contributed by atoms with E-state index in [1.165, 1.54) is 9.47 Å². The monoisotopic (exact) mass is 869 g/mol. The van der Waals surface area contributed by atoms with E-state index in [-0.39, 0.29) is 51.4 Å². The Bertz CT molecular complexity index is 1290. The Hall–Kier alpha value is -0.654. The molecule has 1 aliphatic rings. The molecule has 3 nitrogen and oxygen atoms in total. The fourth-order valence-corrected chi connectivity index (χ4v) is 3.16. The average Bonchev–Trinajstić information content (AvgIpc) is 3.09. The van der Waals surface area contributed by atoms with E-state index in [0.717, 1.165) is 0 Å². The summed E-state index contributed by atoms with van der Waals surface area (Å²) in [7, 11) is 0. The molecule has 1 N–H and O–H groups in total. The van der Waals surface area contributed by atoms with E-state index in [1.54, 1.807) is 0 Å². The maximum atomic E-state index is 14.7. The molecule has 0 saturated carbocycles. The molecule has 1 aliphatic heterocycles. The first-order valence-corrected chi connectivity index (χ1v) is 10.4. The van der Waals surface area contributed by atoms with Crippen LogP contribution in [0.4, 0.5) is 136 Å². The molecule has 0 aromatic carbocycles. The van der Waals surface area contributed by atoms with Gasteiger partial charge in [0.05, 0.1) is 0 Å². The van der Waals surface area contributed by atoms with Crippen LogP contribution in [0, 0.1) is 0 Å². The summed E-state index contributed by atoms with van der Waals surface area (Å²) in [4.78, 5) is 0. The molecule has 35 heteroatoms. The summed E-state index contributed by atoms with van der Waals surface area (Å²) in [5.41, 5.74) is 0. The molecule has 2 unspecified atom stereocenters. The molecule has 1 radical (unpaired) electrons. The third-order valence-corrected chi connectivity index (χ3v) is 6.01. The fraction of sp³-hybridized carbons (Fsp3) is 1.00. The Balaban J connectivity index is 0.0000250. The van der Waals surface area contributed by atoms with Gasteiger partial charge in [-0.1, -0.05) is 0 Å². The van der Waals surface area contributed by atoms with Crippen LogP contribution in [0.5, 0.6) is 0 Å². The van der Waals surface area contributed by atoms with Crippen LogP contribution < -0.4 is 0 Å². The second kappa shape index (κ2) is 12.2. The molecule has 1 fully saturated rings. The van der Waals surface area contributed by atoms with E-state index >= 15 is 0 Å². The zero-order chi connectivity index (χ0) is 41.4. The molecule has 0 bridgehead atoms. The summed E-state index contributed by atoms with van der Waals surface area (Å²) >= 11 is 0. The van der Waals surface area contributed by atoms with Gasteiger partial charge in [0.15, 0.2) is 0 Å². The van der Waals surface area contributed by atoms with Crippen molar-refractivity contribution in [3.05, 3.63) is 0 Å². The Morgan fingerprint density at radius 3 is 0.804 bits per heavy atom. The topological polar surface area (TPSA) is 38.7 Å². The van der Waals surface area contributed by atoms with Gasteiger partial charge in [0.1, 0.15) is 0 Å². The molecule has 0 aromatic heterocycles. The average molecular weight is 869 g/mol. The summed E-state index contributed by atoms with van der Waals surface area (Å²) in [5.74, 6) is -112. The second-order valence-electron chi connectivity index (χ2n) is 9.21. The third kappa shape index (κ3) is 5.86. The molecular formula is C16HF31KO3. The van der Waals surface area contributed by atoms with Crippen molar-refractivity contribution in [2.24, 2.45) is 0 Å². The largest absolute Gasteiger partial charge is 0.460 e. The second-order valence-corrected chi connectivity index (χ2v) is 9.21. The minimum Gasteiger partial charge on any atom is -0.332 e. The van der Waals surface area contributed by atoms with Crippen molar-refractivity contribution in [2.75, 3.05) is 0 Å². The standard InChI is InChI=1S/C16HF31O3.K/c17-1(18,5(25,26)9(33,34)13(38,39)40)3(21,22)7(29,30)11(37)16(46,47)50-12(49-11,15(44,45)48)8(31,32)4(23,24)2(19,20)6(27,28)10(35,36)14(41,42)43;/h48H;. The van der Waals surface area contributed by atoms with Gasteiger partial charge in [-0.15, -0.1) is 0 Å². The van der Waals surface area contributed by atoms with Gasteiger partial charge < -0.3 is 5.11 Å². The number of halogens is 31. The zero-order valence-electron chi connectivity index (χ0n) is 22.0. The van der Waals surface area contributed by atoms with Crippen LogP contribution in [-0.4, -0.2) is 152 Å². The van der Waals surface area contributed by atoms with Gasteiger partial charge >= 0.3 is 95.4 Å². The molecule has 0 spiro atoms. The van der Waals surface area contributed by atoms with Gasteiger partial charge in [0.25, 0.3) is 0 Å². The van der Waals surface area contributed by atoms with Crippen LogP contribution in [0.25, 0.3) is 0 Å². The Morgan fingerprint density at radius 1 is 0.333 bits per heavy atom. The molecule has 0 amide bonds. The third-order valence-electron chi connectivity index (χ3n) is 6.01. The van der Waals surface area contributed by atoms with Gasteiger partial charge in [0.2, 0.25) is 0 Å². The van der Waals surface area contributed by atoms with E-state index in [4.69, 9.17) is 5.11 Å². The van der Waals surface area contributed by atoms with Gasteiger partial charge in [-0.2, -0.15) is 136 Å². The normalized spacial score (nSPS) is 24.5. The minimum atomic E-state index is -9.69. The smallest absolute Gasteiger partial charge is 0.332 e. The summed E-state index contributed by atoms with van der Waals surface area (Å²) in [6, 6.07) is 0. The van der Waals surface area contributed by atoms with Crippen molar-refractivity contribution >= 4 is 51.4 Å². The van der Waals surface area contributed by atoms with Crippen molar-refractivity contribution in [1.82, 2.24) is 0 Å². The van der Waals surface area contributed by atoms with Gasteiger partial charge in [0, 0.05) is 51.4 Å². The summed E-state index contributed by atoms with van der Waals surface area (Å²) in [6.45, 7) is 0. The summed E-state index contributed by atoms with van der Waals surface area (Å²) < 4.78 is 418. The van der Waals surface area contributed by atoms with E-state index in [9.17, 15) is 136 Å². The van der Waals surface area contributed by atoms with Crippen molar-refractivity contribution in [3.63, 3.8) is 0 Å². The van der Waals surface area contributed by atoms with Crippen LogP contribution >= 0.6 is 0 Å². The number of ether oxygens (including phenoxy) is 2. The maximum absolute atomic E-state index is 14.7.